The summed E-state index contributed by atoms with van der Waals surface area (Å²) >= 11 is 7.64. The zero-order chi connectivity index (χ0) is 18.8. The Balaban J connectivity index is 1.54. The molecule has 1 aliphatic rings. The molecular formula is C21H19ClN2O2S. The van der Waals surface area contributed by atoms with Crippen LogP contribution in [0.15, 0.2) is 48.7 Å². The molecule has 1 aliphatic heterocycles. The number of amides is 1. The SMILES string of the molecule is CCOc1ccc2c(c1)CN(C(=O)c1cnc(-c3ccccc3Cl)s1)CC2. The minimum atomic E-state index is 0.0123. The summed E-state index contributed by atoms with van der Waals surface area (Å²) in [4.78, 5) is 19.9. The molecule has 27 heavy (non-hydrogen) atoms. The summed E-state index contributed by atoms with van der Waals surface area (Å²) in [6.07, 6.45) is 2.50. The van der Waals surface area contributed by atoms with Gasteiger partial charge in [0, 0.05) is 18.7 Å². The number of nitrogens with zero attached hydrogens (tertiary/aromatic N) is 2. The molecule has 2 heterocycles. The van der Waals surface area contributed by atoms with Crippen LogP contribution in [0.4, 0.5) is 0 Å². The highest BCUT2D eigenvalue weighted by molar-refractivity contribution is 7.17. The Kier molecular flexibility index (Phi) is 5.14. The Morgan fingerprint density at radius 2 is 2.11 bits per heavy atom. The highest BCUT2D eigenvalue weighted by atomic mass is 35.5. The minimum absolute atomic E-state index is 0.0123. The number of carbonyl (C=O) groups excluding carboxylic acids is 1. The molecule has 138 valence electrons. The van der Waals surface area contributed by atoms with Crippen molar-refractivity contribution in [3.05, 3.63) is 69.7 Å². The Bertz CT molecular complexity index is 986. The summed E-state index contributed by atoms with van der Waals surface area (Å²) in [7, 11) is 0. The lowest BCUT2D eigenvalue weighted by Crippen LogP contribution is -2.35. The number of aromatic nitrogens is 1. The van der Waals surface area contributed by atoms with Crippen molar-refractivity contribution in [3.63, 3.8) is 0 Å². The molecule has 1 amide bonds. The number of ether oxygens (including phenoxy) is 1. The number of rotatable bonds is 4. The maximum atomic E-state index is 13.0. The summed E-state index contributed by atoms with van der Waals surface area (Å²) in [6.45, 7) is 3.90. The lowest BCUT2D eigenvalue weighted by Gasteiger charge is -2.28. The van der Waals surface area contributed by atoms with E-state index in [9.17, 15) is 4.79 Å². The van der Waals surface area contributed by atoms with Crippen molar-refractivity contribution in [2.75, 3.05) is 13.2 Å². The van der Waals surface area contributed by atoms with Gasteiger partial charge in [-0.25, -0.2) is 4.98 Å². The van der Waals surface area contributed by atoms with Gasteiger partial charge in [-0.3, -0.25) is 4.79 Å². The number of benzene rings is 2. The van der Waals surface area contributed by atoms with Gasteiger partial charge in [-0.15, -0.1) is 11.3 Å². The van der Waals surface area contributed by atoms with E-state index in [1.807, 2.05) is 48.2 Å². The third-order valence-corrected chi connectivity index (χ3v) is 5.96. The molecule has 0 unspecified atom stereocenters. The molecule has 1 aromatic heterocycles. The van der Waals surface area contributed by atoms with E-state index in [2.05, 4.69) is 11.1 Å². The molecule has 0 atom stereocenters. The second kappa shape index (κ2) is 7.71. The van der Waals surface area contributed by atoms with Gasteiger partial charge in [0.1, 0.15) is 15.6 Å². The van der Waals surface area contributed by atoms with Crippen LogP contribution >= 0.6 is 22.9 Å². The van der Waals surface area contributed by atoms with Gasteiger partial charge in [-0.2, -0.15) is 0 Å². The number of halogens is 1. The maximum Gasteiger partial charge on any atom is 0.265 e. The van der Waals surface area contributed by atoms with Crippen LogP contribution in [0, 0.1) is 0 Å². The van der Waals surface area contributed by atoms with E-state index in [-0.39, 0.29) is 5.91 Å². The van der Waals surface area contributed by atoms with Crippen LogP contribution in [0.1, 0.15) is 27.7 Å². The van der Waals surface area contributed by atoms with Crippen LogP contribution in [0.25, 0.3) is 10.6 Å². The second-order valence-corrected chi connectivity index (χ2v) is 7.79. The molecule has 0 saturated carbocycles. The van der Waals surface area contributed by atoms with Crippen molar-refractivity contribution < 1.29 is 9.53 Å². The number of carbonyl (C=O) groups is 1. The minimum Gasteiger partial charge on any atom is -0.494 e. The first-order valence-corrected chi connectivity index (χ1v) is 10.1. The van der Waals surface area contributed by atoms with E-state index in [1.165, 1.54) is 16.9 Å². The average molecular weight is 399 g/mol. The summed E-state index contributed by atoms with van der Waals surface area (Å²) < 4.78 is 5.59. The van der Waals surface area contributed by atoms with E-state index < -0.39 is 0 Å². The fourth-order valence-corrected chi connectivity index (χ4v) is 4.46. The van der Waals surface area contributed by atoms with Gasteiger partial charge in [0.2, 0.25) is 0 Å². The van der Waals surface area contributed by atoms with E-state index in [0.717, 1.165) is 28.3 Å². The molecule has 4 rings (SSSR count). The lowest BCUT2D eigenvalue weighted by molar-refractivity contribution is 0.0739. The molecule has 0 N–H and O–H groups in total. The molecule has 0 spiro atoms. The highest BCUT2D eigenvalue weighted by Gasteiger charge is 2.24. The van der Waals surface area contributed by atoms with Crippen LogP contribution in [0.3, 0.4) is 0 Å². The molecule has 6 heteroatoms. The number of thiazole rings is 1. The van der Waals surface area contributed by atoms with Gasteiger partial charge in [-0.05, 0) is 42.7 Å². The second-order valence-electron chi connectivity index (χ2n) is 6.35. The first-order valence-electron chi connectivity index (χ1n) is 8.90. The normalized spacial score (nSPS) is 13.3. The van der Waals surface area contributed by atoms with E-state index in [1.54, 1.807) is 6.20 Å². The molecule has 0 aliphatic carbocycles. The van der Waals surface area contributed by atoms with Crippen LogP contribution in [0.5, 0.6) is 5.75 Å². The summed E-state index contributed by atoms with van der Waals surface area (Å²) in [5, 5.41) is 1.40. The van der Waals surface area contributed by atoms with Crippen molar-refractivity contribution in [2.45, 2.75) is 19.9 Å². The van der Waals surface area contributed by atoms with Crippen LogP contribution in [-0.4, -0.2) is 28.9 Å². The van der Waals surface area contributed by atoms with Gasteiger partial charge in [0.15, 0.2) is 0 Å². The van der Waals surface area contributed by atoms with Gasteiger partial charge < -0.3 is 9.64 Å². The predicted octanol–water partition coefficient (Wildman–Crippen LogP) is 5.06. The van der Waals surface area contributed by atoms with Crippen molar-refractivity contribution in [2.24, 2.45) is 0 Å². The zero-order valence-electron chi connectivity index (χ0n) is 14.9. The zero-order valence-corrected chi connectivity index (χ0v) is 16.5. The van der Waals surface area contributed by atoms with Gasteiger partial charge >= 0.3 is 0 Å². The monoisotopic (exact) mass is 398 g/mol. The Labute approximate surface area is 167 Å². The summed E-state index contributed by atoms with van der Waals surface area (Å²) in [6, 6.07) is 13.7. The fraction of sp³-hybridized carbons (Fsp3) is 0.238. The third-order valence-electron chi connectivity index (χ3n) is 4.61. The third kappa shape index (κ3) is 3.70. The first kappa shape index (κ1) is 18.0. The topological polar surface area (TPSA) is 42.4 Å². The smallest absolute Gasteiger partial charge is 0.265 e. The van der Waals surface area contributed by atoms with Crippen molar-refractivity contribution in [3.8, 4) is 16.3 Å². The first-order chi connectivity index (χ1) is 13.2. The molecule has 0 radical (unpaired) electrons. The Morgan fingerprint density at radius 3 is 2.93 bits per heavy atom. The molecule has 0 saturated heterocycles. The van der Waals surface area contributed by atoms with E-state index >= 15 is 0 Å². The summed E-state index contributed by atoms with van der Waals surface area (Å²) in [5.41, 5.74) is 3.29. The standard InChI is InChI=1S/C21H19ClN2O2S/c1-2-26-16-8-7-14-9-10-24(13-15(14)11-16)21(25)19-12-23-20(27-19)17-5-3-4-6-18(17)22/h3-8,11-12H,2,9-10,13H2,1H3. The predicted molar refractivity (Wildman–Crippen MR) is 109 cm³/mol. The quantitative estimate of drug-likeness (QED) is 0.616. The largest absolute Gasteiger partial charge is 0.494 e. The van der Waals surface area contributed by atoms with Gasteiger partial charge in [-0.1, -0.05) is 35.9 Å². The van der Waals surface area contributed by atoms with Crippen molar-refractivity contribution in [1.82, 2.24) is 9.88 Å². The van der Waals surface area contributed by atoms with Gasteiger partial charge in [0.25, 0.3) is 5.91 Å². The molecular weight excluding hydrogens is 380 g/mol. The molecule has 0 fully saturated rings. The van der Waals surface area contributed by atoms with E-state index in [4.69, 9.17) is 16.3 Å². The van der Waals surface area contributed by atoms with Gasteiger partial charge in [0.05, 0.1) is 17.8 Å². The number of fused-ring (bicyclic) bond motifs is 1. The van der Waals surface area contributed by atoms with Crippen LogP contribution in [-0.2, 0) is 13.0 Å². The molecule has 3 aromatic rings. The number of hydrogen-bond donors (Lipinski definition) is 0. The fourth-order valence-electron chi connectivity index (χ4n) is 3.25. The average Bonchev–Trinajstić information content (AvgIpc) is 3.17. The molecule has 4 nitrogen and oxygen atoms in total. The van der Waals surface area contributed by atoms with Crippen LogP contribution < -0.4 is 4.74 Å². The van der Waals surface area contributed by atoms with Crippen molar-refractivity contribution in [1.29, 1.82) is 0 Å². The maximum absolute atomic E-state index is 13.0. The molecule has 2 aromatic carbocycles. The summed E-state index contributed by atoms with van der Waals surface area (Å²) in [5.74, 6) is 0.864. The highest BCUT2D eigenvalue weighted by Crippen LogP contribution is 2.32. The van der Waals surface area contributed by atoms with Crippen LogP contribution in [0.2, 0.25) is 5.02 Å². The number of hydrogen-bond acceptors (Lipinski definition) is 4. The molecule has 0 bridgehead atoms. The lowest BCUT2D eigenvalue weighted by atomic mass is 9.99. The Hall–Kier alpha value is -2.37. The van der Waals surface area contributed by atoms with E-state index in [0.29, 0.717) is 29.6 Å². The Morgan fingerprint density at radius 1 is 1.26 bits per heavy atom. The van der Waals surface area contributed by atoms with Crippen molar-refractivity contribution >= 4 is 28.8 Å².